The lowest BCUT2D eigenvalue weighted by atomic mass is 9.95. The van der Waals surface area contributed by atoms with Gasteiger partial charge in [0, 0.05) is 11.8 Å². The number of ether oxygens (including phenoxy) is 2. The predicted octanol–water partition coefficient (Wildman–Crippen LogP) is 2.61. The van der Waals surface area contributed by atoms with Crippen LogP contribution in [0.15, 0.2) is 22.7 Å². The van der Waals surface area contributed by atoms with Gasteiger partial charge in [0.1, 0.15) is 12.4 Å². The molecule has 17 heavy (non-hydrogen) atoms. The molecule has 0 aliphatic heterocycles. The Balaban J connectivity index is 2.73. The normalized spacial score (nSPS) is 11.1. The topological polar surface area (TPSA) is 61.5 Å². The molecule has 0 bridgehead atoms. The number of hydrogen-bond donors (Lipinski definition) is 1. The molecule has 1 aromatic rings. The Morgan fingerprint density at radius 2 is 2.12 bits per heavy atom. The zero-order chi connectivity index (χ0) is 13.1. The largest absolute Gasteiger partial charge is 0.491 e. The highest BCUT2D eigenvalue weighted by atomic mass is 79.9. The molecule has 0 aliphatic carbocycles. The van der Waals surface area contributed by atoms with Crippen molar-refractivity contribution in [3.8, 4) is 5.75 Å². The van der Waals surface area contributed by atoms with E-state index in [4.69, 9.17) is 15.2 Å². The van der Waals surface area contributed by atoms with Crippen molar-refractivity contribution in [1.29, 1.82) is 0 Å². The molecule has 4 nitrogen and oxygen atoms in total. The maximum atomic E-state index is 11.5. The zero-order valence-corrected chi connectivity index (χ0v) is 11.7. The van der Waals surface area contributed by atoms with E-state index in [1.165, 1.54) is 7.11 Å². The molecule has 94 valence electrons. The van der Waals surface area contributed by atoms with Crippen LogP contribution >= 0.6 is 15.9 Å². The quantitative estimate of drug-likeness (QED) is 0.686. The Labute approximate surface area is 109 Å². The third-order valence-corrected chi connectivity index (χ3v) is 2.94. The summed E-state index contributed by atoms with van der Waals surface area (Å²) in [5.74, 6) is 0.305. The van der Waals surface area contributed by atoms with E-state index >= 15 is 0 Å². The van der Waals surface area contributed by atoms with Crippen LogP contribution in [0.25, 0.3) is 0 Å². The second kappa shape index (κ2) is 5.40. The lowest BCUT2D eigenvalue weighted by Crippen LogP contribution is -2.32. The highest BCUT2D eigenvalue weighted by Gasteiger charge is 2.29. The molecule has 0 saturated carbocycles. The lowest BCUT2D eigenvalue weighted by Gasteiger charge is -2.22. The van der Waals surface area contributed by atoms with Gasteiger partial charge < -0.3 is 15.2 Å². The molecule has 0 saturated heterocycles. The third-order valence-electron chi connectivity index (χ3n) is 2.28. The summed E-state index contributed by atoms with van der Waals surface area (Å²) in [7, 11) is 1.36. The standard InChI is InChI=1S/C12H16BrNO3/c1-12(2,11(15)16-3)7-17-10-6-8(14)4-5-9(10)13/h4-6H,7,14H2,1-3H3. The molecule has 5 heteroatoms. The Kier molecular flexibility index (Phi) is 4.40. The van der Waals surface area contributed by atoms with E-state index in [2.05, 4.69) is 15.9 Å². The van der Waals surface area contributed by atoms with Crippen molar-refractivity contribution in [2.75, 3.05) is 19.5 Å². The molecule has 0 spiro atoms. The average molecular weight is 302 g/mol. The van der Waals surface area contributed by atoms with Gasteiger partial charge in [-0.15, -0.1) is 0 Å². The van der Waals surface area contributed by atoms with Crippen LogP contribution in [0.5, 0.6) is 5.75 Å². The summed E-state index contributed by atoms with van der Waals surface area (Å²) < 4.78 is 11.1. The Hall–Kier alpha value is -1.23. The van der Waals surface area contributed by atoms with Gasteiger partial charge in [-0.25, -0.2) is 0 Å². The smallest absolute Gasteiger partial charge is 0.314 e. The summed E-state index contributed by atoms with van der Waals surface area (Å²) in [4.78, 5) is 11.5. The zero-order valence-electron chi connectivity index (χ0n) is 10.1. The molecular formula is C12H16BrNO3. The Bertz CT molecular complexity index is 418. The Morgan fingerprint density at radius 1 is 1.47 bits per heavy atom. The van der Waals surface area contributed by atoms with E-state index in [0.29, 0.717) is 11.4 Å². The fourth-order valence-electron chi connectivity index (χ4n) is 1.22. The van der Waals surface area contributed by atoms with Crippen molar-refractivity contribution >= 4 is 27.6 Å². The summed E-state index contributed by atoms with van der Waals surface area (Å²) in [6, 6.07) is 5.27. The van der Waals surface area contributed by atoms with Crippen LogP contribution in [0.3, 0.4) is 0 Å². The van der Waals surface area contributed by atoms with Gasteiger partial charge in [-0.1, -0.05) is 0 Å². The molecule has 0 unspecified atom stereocenters. The van der Waals surface area contributed by atoms with Crippen molar-refractivity contribution in [3.05, 3.63) is 22.7 Å². The molecule has 0 amide bonds. The summed E-state index contributed by atoms with van der Waals surface area (Å²) >= 11 is 3.36. The van der Waals surface area contributed by atoms with E-state index < -0.39 is 5.41 Å². The van der Waals surface area contributed by atoms with Gasteiger partial charge in [0.15, 0.2) is 0 Å². The van der Waals surface area contributed by atoms with E-state index in [-0.39, 0.29) is 12.6 Å². The average Bonchev–Trinajstić information content (AvgIpc) is 2.29. The molecule has 1 rings (SSSR count). The number of hydrogen-bond acceptors (Lipinski definition) is 4. The van der Waals surface area contributed by atoms with Crippen LogP contribution < -0.4 is 10.5 Å². The van der Waals surface area contributed by atoms with Crippen molar-refractivity contribution in [2.45, 2.75) is 13.8 Å². The minimum atomic E-state index is -0.696. The highest BCUT2D eigenvalue weighted by molar-refractivity contribution is 9.10. The molecule has 0 radical (unpaired) electrons. The lowest BCUT2D eigenvalue weighted by molar-refractivity contribution is -0.152. The number of halogens is 1. The first kappa shape index (κ1) is 13.8. The maximum absolute atomic E-state index is 11.5. The monoisotopic (exact) mass is 301 g/mol. The fraction of sp³-hybridized carbons (Fsp3) is 0.417. The van der Waals surface area contributed by atoms with Gasteiger partial charge >= 0.3 is 5.97 Å². The summed E-state index contributed by atoms with van der Waals surface area (Å²) in [6.07, 6.45) is 0. The van der Waals surface area contributed by atoms with E-state index in [1.807, 2.05) is 0 Å². The summed E-state index contributed by atoms with van der Waals surface area (Å²) in [5, 5.41) is 0. The first-order valence-corrected chi connectivity index (χ1v) is 5.92. The Morgan fingerprint density at radius 3 is 2.71 bits per heavy atom. The van der Waals surface area contributed by atoms with Crippen LogP contribution in [0.1, 0.15) is 13.8 Å². The minimum Gasteiger partial charge on any atom is -0.491 e. The molecule has 0 aromatic heterocycles. The number of anilines is 1. The van der Waals surface area contributed by atoms with Crippen LogP contribution in [0.4, 0.5) is 5.69 Å². The van der Waals surface area contributed by atoms with Gasteiger partial charge in [0.25, 0.3) is 0 Å². The second-order valence-corrected chi connectivity index (χ2v) is 5.21. The molecule has 0 fully saturated rings. The molecule has 1 aromatic carbocycles. The SMILES string of the molecule is COC(=O)C(C)(C)COc1cc(N)ccc1Br. The first-order valence-electron chi connectivity index (χ1n) is 5.13. The highest BCUT2D eigenvalue weighted by Crippen LogP contribution is 2.29. The van der Waals surface area contributed by atoms with Crippen molar-refractivity contribution in [3.63, 3.8) is 0 Å². The number of carbonyl (C=O) groups excluding carboxylic acids is 1. The van der Waals surface area contributed by atoms with Crippen molar-refractivity contribution in [2.24, 2.45) is 5.41 Å². The number of carbonyl (C=O) groups is 1. The van der Waals surface area contributed by atoms with E-state index in [9.17, 15) is 4.79 Å². The second-order valence-electron chi connectivity index (χ2n) is 4.35. The van der Waals surface area contributed by atoms with Gasteiger partial charge in [-0.2, -0.15) is 0 Å². The number of nitrogens with two attached hydrogens (primary N) is 1. The van der Waals surface area contributed by atoms with Gasteiger partial charge in [-0.3, -0.25) is 4.79 Å². The molecule has 0 aliphatic rings. The maximum Gasteiger partial charge on any atom is 0.314 e. The van der Waals surface area contributed by atoms with Gasteiger partial charge in [-0.05, 0) is 41.9 Å². The van der Waals surface area contributed by atoms with Gasteiger partial charge in [0.2, 0.25) is 0 Å². The number of esters is 1. The molecule has 2 N–H and O–H groups in total. The molecular weight excluding hydrogens is 286 g/mol. The van der Waals surface area contributed by atoms with Crippen LogP contribution in [-0.2, 0) is 9.53 Å². The van der Waals surface area contributed by atoms with Crippen LogP contribution in [0, 0.1) is 5.41 Å². The molecule has 0 atom stereocenters. The van der Waals surface area contributed by atoms with Crippen LogP contribution in [-0.4, -0.2) is 19.7 Å². The number of benzene rings is 1. The van der Waals surface area contributed by atoms with E-state index in [1.54, 1.807) is 32.0 Å². The third kappa shape index (κ3) is 3.63. The van der Waals surface area contributed by atoms with Crippen LogP contribution in [0.2, 0.25) is 0 Å². The van der Waals surface area contributed by atoms with Gasteiger partial charge in [0.05, 0.1) is 17.0 Å². The number of nitrogen functional groups attached to an aromatic ring is 1. The number of rotatable bonds is 4. The molecule has 0 heterocycles. The van der Waals surface area contributed by atoms with Crippen molar-refractivity contribution < 1.29 is 14.3 Å². The minimum absolute atomic E-state index is 0.224. The van der Waals surface area contributed by atoms with E-state index in [0.717, 1.165) is 4.47 Å². The number of methoxy groups -OCH3 is 1. The summed E-state index contributed by atoms with van der Waals surface area (Å²) in [5.41, 5.74) is 5.57. The fourth-order valence-corrected chi connectivity index (χ4v) is 1.59. The predicted molar refractivity (Wildman–Crippen MR) is 69.8 cm³/mol. The first-order chi connectivity index (χ1) is 7.86. The summed E-state index contributed by atoms with van der Waals surface area (Å²) in [6.45, 7) is 3.75. The van der Waals surface area contributed by atoms with Crippen molar-refractivity contribution in [1.82, 2.24) is 0 Å².